The molecule has 8 heteroatoms. The number of benzene rings is 2. The number of fused-ring (bicyclic) bond motifs is 2. The first-order valence-electron chi connectivity index (χ1n) is 9.90. The lowest BCUT2D eigenvalue weighted by molar-refractivity contribution is 0.829. The summed E-state index contributed by atoms with van der Waals surface area (Å²) < 4.78 is 3.42. The topological polar surface area (TPSA) is 78.0 Å². The minimum absolute atomic E-state index is 0.0561. The molecule has 0 spiro atoms. The Bertz CT molecular complexity index is 1490. The number of nitrogens with zero attached hydrogens (tertiary/aromatic N) is 6. The van der Waals surface area contributed by atoms with E-state index >= 15 is 0 Å². The predicted molar refractivity (Wildman–Crippen MR) is 122 cm³/mol. The van der Waals surface area contributed by atoms with Crippen LogP contribution in [0.5, 0.6) is 0 Å². The van der Waals surface area contributed by atoms with Gasteiger partial charge >= 0.3 is 0 Å². The zero-order valence-corrected chi connectivity index (χ0v) is 18.2. The maximum atomic E-state index is 13.6. The maximum Gasteiger partial charge on any atom is 0.266 e. The largest absolute Gasteiger partial charge is 0.268 e. The summed E-state index contributed by atoms with van der Waals surface area (Å²) in [6.07, 6.45) is 1.49. The Morgan fingerprint density at radius 2 is 1.81 bits per heavy atom. The highest BCUT2D eigenvalue weighted by molar-refractivity contribution is 7.98. The monoisotopic (exact) mass is 428 g/mol. The molecule has 0 amide bonds. The van der Waals surface area contributed by atoms with E-state index < -0.39 is 0 Å². The van der Waals surface area contributed by atoms with Crippen LogP contribution in [0.1, 0.15) is 22.6 Å². The highest BCUT2D eigenvalue weighted by atomic mass is 32.2. The molecule has 0 atom stereocenters. The first-order chi connectivity index (χ1) is 15.0. The first kappa shape index (κ1) is 19.4. The summed E-state index contributed by atoms with van der Waals surface area (Å²) >= 11 is 1.55. The number of rotatable bonds is 4. The molecule has 0 bridgehead atoms. The molecule has 0 N–H and O–H groups in total. The second kappa shape index (κ2) is 7.63. The predicted octanol–water partition coefficient (Wildman–Crippen LogP) is 4.04. The third-order valence-electron chi connectivity index (χ3n) is 5.16. The Labute approximate surface area is 182 Å². The molecule has 0 radical (unpaired) electrons. The van der Waals surface area contributed by atoms with Gasteiger partial charge < -0.3 is 0 Å². The lowest BCUT2D eigenvalue weighted by Gasteiger charge is -2.15. The van der Waals surface area contributed by atoms with Crippen molar-refractivity contribution in [1.29, 1.82) is 0 Å². The van der Waals surface area contributed by atoms with Crippen LogP contribution in [0.2, 0.25) is 0 Å². The fourth-order valence-corrected chi connectivity index (χ4v) is 4.61. The quantitative estimate of drug-likeness (QED) is 0.318. The molecule has 0 fully saturated rings. The van der Waals surface area contributed by atoms with Gasteiger partial charge in [-0.05, 0) is 50.6 Å². The van der Waals surface area contributed by atoms with Gasteiger partial charge in [-0.3, -0.25) is 9.36 Å². The third kappa shape index (κ3) is 3.48. The fourth-order valence-electron chi connectivity index (χ4n) is 3.64. The number of hydrogen-bond donors (Lipinski definition) is 0. The smallest absolute Gasteiger partial charge is 0.266 e. The van der Waals surface area contributed by atoms with Gasteiger partial charge in [0, 0.05) is 5.69 Å². The Hall–Kier alpha value is -3.52. The Morgan fingerprint density at radius 1 is 1.00 bits per heavy atom. The highest BCUT2D eigenvalue weighted by Crippen LogP contribution is 2.25. The van der Waals surface area contributed by atoms with Crippen LogP contribution in [0.3, 0.4) is 0 Å². The van der Waals surface area contributed by atoms with Crippen LogP contribution in [0, 0.1) is 20.8 Å². The van der Waals surface area contributed by atoms with E-state index in [1.807, 2.05) is 69.3 Å². The van der Waals surface area contributed by atoms with Crippen molar-refractivity contribution in [3.8, 4) is 5.69 Å². The van der Waals surface area contributed by atoms with Crippen molar-refractivity contribution in [1.82, 2.24) is 29.1 Å². The second-order valence-electron chi connectivity index (χ2n) is 7.47. The van der Waals surface area contributed by atoms with Crippen LogP contribution in [-0.2, 0) is 5.75 Å². The normalized spacial score (nSPS) is 11.5. The minimum atomic E-state index is -0.0561. The van der Waals surface area contributed by atoms with Gasteiger partial charge in [-0.1, -0.05) is 41.6 Å². The van der Waals surface area contributed by atoms with E-state index in [9.17, 15) is 4.79 Å². The molecule has 5 aromatic rings. The van der Waals surface area contributed by atoms with E-state index in [1.165, 1.54) is 6.33 Å². The standard InChI is InChI=1S/C23H20N6OS/c1-14-7-9-17(10-8-14)28-19(27-18-6-4-5-15(2)21(18)22(28)30)12-31-20-11-16(3)26-23-24-13-25-29(20)23/h4-11,13H,12H2,1-3H3. The molecule has 154 valence electrons. The van der Waals surface area contributed by atoms with Crippen LogP contribution in [0.15, 0.2) is 64.7 Å². The van der Waals surface area contributed by atoms with Gasteiger partial charge in [0.15, 0.2) is 0 Å². The van der Waals surface area contributed by atoms with Crippen LogP contribution < -0.4 is 5.56 Å². The molecular formula is C23H20N6OS. The van der Waals surface area contributed by atoms with Crippen LogP contribution in [-0.4, -0.2) is 29.1 Å². The minimum Gasteiger partial charge on any atom is -0.268 e. The van der Waals surface area contributed by atoms with E-state index in [0.717, 1.165) is 27.5 Å². The van der Waals surface area contributed by atoms with Gasteiger partial charge in [0.1, 0.15) is 17.2 Å². The van der Waals surface area contributed by atoms with Crippen molar-refractivity contribution in [2.24, 2.45) is 0 Å². The number of thioether (sulfide) groups is 1. The molecule has 0 saturated carbocycles. The van der Waals surface area contributed by atoms with Gasteiger partial charge in [-0.15, -0.1) is 0 Å². The molecule has 7 nitrogen and oxygen atoms in total. The number of hydrogen-bond acceptors (Lipinski definition) is 6. The van der Waals surface area contributed by atoms with E-state index in [-0.39, 0.29) is 5.56 Å². The Balaban J connectivity index is 1.66. The molecule has 31 heavy (non-hydrogen) atoms. The van der Waals surface area contributed by atoms with Crippen molar-refractivity contribution >= 4 is 28.4 Å². The summed E-state index contributed by atoms with van der Waals surface area (Å²) in [5.74, 6) is 1.73. The summed E-state index contributed by atoms with van der Waals surface area (Å²) in [6, 6.07) is 15.7. The highest BCUT2D eigenvalue weighted by Gasteiger charge is 2.16. The lowest BCUT2D eigenvalue weighted by Crippen LogP contribution is -2.24. The number of aryl methyl sites for hydroxylation is 3. The van der Waals surface area contributed by atoms with Crippen LogP contribution in [0.4, 0.5) is 0 Å². The Morgan fingerprint density at radius 3 is 2.61 bits per heavy atom. The molecule has 0 aliphatic carbocycles. The SMILES string of the molecule is Cc1ccc(-n2c(CSc3cc(C)nc4ncnn34)nc3cccc(C)c3c2=O)cc1. The molecule has 3 heterocycles. The van der Waals surface area contributed by atoms with Gasteiger partial charge in [-0.25, -0.2) is 9.97 Å². The molecular weight excluding hydrogens is 408 g/mol. The third-order valence-corrected chi connectivity index (χ3v) is 6.15. The van der Waals surface area contributed by atoms with E-state index in [2.05, 4.69) is 15.1 Å². The van der Waals surface area contributed by atoms with Crippen molar-refractivity contribution in [2.45, 2.75) is 31.6 Å². The van der Waals surface area contributed by atoms with Crippen molar-refractivity contribution in [3.05, 3.63) is 87.9 Å². The Kier molecular flexibility index (Phi) is 4.78. The molecule has 3 aromatic heterocycles. The summed E-state index contributed by atoms with van der Waals surface area (Å²) in [7, 11) is 0. The zero-order valence-electron chi connectivity index (χ0n) is 17.4. The average molecular weight is 429 g/mol. The zero-order chi connectivity index (χ0) is 21.5. The summed E-state index contributed by atoms with van der Waals surface area (Å²) in [5, 5.41) is 5.82. The van der Waals surface area contributed by atoms with Gasteiger partial charge in [-0.2, -0.15) is 14.6 Å². The molecule has 2 aromatic carbocycles. The first-order valence-corrected chi connectivity index (χ1v) is 10.9. The van der Waals surface area contributed by atoms with Gasteiger partial charge in [0.25, 0.3) is 11.3 Å². The summed E-state index contributed by atoms with van der Waals surface area (Å²) in [6.45, 7) is 5.90. The summed E-state index contributed by atoms with van der Waals surface area (Å²) in [4.78, 5) is 27.0. The maximum absolute atomic E-state index is 13.6. The fraction of sp³-hybridized carbons (Fsp3) is 0.174. The van der Waals surface area contributed by atoms with Crippen molar-refractivity contribution in [3.63, 3.8) is 0 Å². The molecule has 0 aliphatic heterocycles. The van der Waals surface area contributed by atoms with Crippen molar-refractivity contribution in [2.75, 3.05) is 0 Å². The second-order valence-corrected chi connectivity index (χ2v) is 8.47. The molecule has 5 rings (SSSR count). The lowest BCUT2D eigenvalue weighted by atomic mass is 10.1. The van der Waals surface area contributed by atoms with Crippen LogP contribution >= 0.6 is 11.8 Å². The molecule has 0 saturated heterocycles. The number of aromatic nitrogens is 6. The van der Waals surface area contributed by atoms with E-state index in [4.69, 9.17) is 4.98 Å². The van der Waals surface area contributed by atoms with E-state index in [1.54, 1.807) is 20.8 Å². The molecule has 0 aliphatic rings. The van der Waals surface area contributed by atoms with Gasteiger partial charge in [0.2, 0.25) is 0 Å². The summed E-state index contributed by atoms with van der Waals surface area (Å²) in [5.41, 5.74) is 4.38. The molecule has 0 unspecified atom stereocenters. The average Bonchev–Trinajstić information content (AvgIpc) is 3.21. The van der Waals surface area contributed by atoms with E-state index in [0.29, 0.717) is 28.3 Å². The van der Waals surface area contributed by atoms with Crippen molar-refractivity contribution < 1.29 is 0 Å². The van der Waals surface area contributed by atoms with Gasteiger partial charge in [0.05, 0.1) is 22.3 Å². The van der Waals surface area contributed by atoms with Crippen LogP contribution in [0.25, 0.3) is 22.4 Å².